The van der Waals surface area contributed by atoms with E-state index in [0.717, 1.165) is 11.4 Å². The van der Waals surface area contributed by atoms with Gasteiger partial charge in [0, 0.05) is 17.9 Å². The molecule has 0 bridgehead atoms. The standard InChI is InChI=1S/C10H16N2O/c1-10(2,13)7-12-9-5-3-4-8(11)6-9/h3-6,12-13H,7,11H2,1-2H3. The van der Waals surface area contributed by atoms with Gasteiger partial charge in [0.2, 0.25) is 0 Å². The lowest BCUT2D eigenvalue weighted by Crippen LogP contribution is -2.29. The van der Waals surface area contributed by atoms with Gasteiger partial charge < -0.3 is 16.2 Å². The van der Waals surface area contributed by atoms with Crippen molar-refractivity contribution in [3.63, 3.8) is 0 Å². The van der Waals surface area contributed by atoms with Crippen LogP contribution in [0.2, 0.25) is 0 Å². The van der Waals surface area contributed by atoms with Crippen LogP contribution in [0, 0.1) is 0 Å². The molecule has 0 saturated heterocycles. The maximum atomic E-state index is 9.45. The average molecular weight is 180 g/mol. The smallest absolute Gasteiger partial charge is 0.0763 e. The number of aliphatic hydroxyl groups is 1. The highest BCUT2D eigenvalue weighted by atomic mass is 16.3. The van der Waals surface area contributed by atoms with Gasteiger partial charge in [-0.2, -0.15) is 0 Å². The summed E-state index contributed by atoms with van der Waals surface area (Å²) in [6, 6.07) is 7.46. The second-order valence-corrected chi connectivity index (χ2v) is 3.79. The Balaban J connectivity index is 2.55. The van der Waals surface area contributed by atoms with Crippen molar-refractivity contribution >= 4 is 11.4 Å². The van der Waals surface area contributed by atoms with Crippen molar-refractivity contribution in [1.29, 1.82) is 0 Å². The van der Waals surface area contributed by atoms with E-state index in [9.17, 15) is 5.11 Å². The molecule has 0 radical (unpaired) electrons. The van der Waals surface area contributed by atoms with Gasteiger partial charge in [-0.3, -0.25) is 0 Å². The Hall–Kier alpha value is -1.22. The zero-order valence-corrected chi connectivity index (χ0v) is 8.04. The van der Waals surface area contributed by atoms with Gasteiger partial charge in [-0.15, -0.1) is 0 Å². The van der Waals surface area contributed by atoms with E-state index in [1.54, 1.807) is 13.8 Å². The van der Waals surface area contributed by atoms with Crippen LogP contribution >= 0.6 is 0 Å². The van der Waals surface area contributed by atoms with Crippen LogP contribution in [-0.4, -0.2) is 17.3 Å². The molecule has 0 saturated carbocycles. The highest BCUT2D eigenvalue weighted by molar-refractivity contribution is 5.54. The van der Waals surface area contributed by atoms with Crippen LogP contribution in [0.3, 0.4) is 0 Å². The number of nitrogens with two attached hydrogens (primary N) is 1. The summed E-state index contributed by atoms with van der Waals surface area (Å²) in [6.07, 6.45) is 0. The van der Waals surface area contributed by atoms with E-state index in [-0.39, 0.29) is 0 Å². The highest BCUT2D eigenvalue weighted by Crippen LogP contribution is 2.12. The molecule has 1 aromatic rings. The maximum Gasteiger partial charge on any atom is 0.0763 e. The lowest BCUT2D eigenvalue weighted by atomic mass is 10.1. The lowest BCUT2D eigenvalue weighted by Gasteiger charge is -2.18. The van der Waals surface area contributed by atoms with Gasteiger partial charge in [-0.05, 0) is 32.0 Å². The van der Waals surface area contributed by atoms with E-state index in [1.165, 1.54) is 0 Å². The van der Waals surface area contributed by atoms with Crippen LogP contribution in [0.25, 0.3) is 0 Å². The zero-order chi connectivity index (χ0) is 9.90. The molecule has 0 spiro atoms. The van der Waals surface area contributed by atoms with Crippen molar-refractivity contribution in [2.24, 2.45) is 0 Å². The van der Waals surface area contributed by atoms with Crippen LogP contribution in [0.4, 0.5) is 11.4 Å². The Bertz CT molecular complexity index is 278. The number of hydrogen-bond acceptors (Lipinski definition) is 3. The zero-order valence-electron chi connectivity index (χ0n) is 8.04. The fourth-order valence-electron chi connectivity index (χ4n) is 0.967. The van der Waals surface area contributed by atoms with Crippen LogP contribution in [-0.2, 0) is 0 Å². The molecule has 1 aromatic carbocycles. The van der Waals surface area contributed by atoms with Gasteiger partial charge in [0.25, 0.3) is 0 Å². The van der Waals surface area contributed by atoms with E-state index >= 15 is 0 Å². The third-order valence-electron chi connectivity index (χ3n) is 1.61. The summed E-state index contributed by atoms with van der Waals surface area (Å²) in [7, 11) is 0. The number of hydrogen-bond donors (Lipinski definition) is 3. The van der Waals surface area contributed by atoms with E-state index in [1.807, 2.05) is 24.3 Å². The van der Waals surface area contributed by atoms with Crippen LogP contribution in [0.5, 0.6) is 0 Å². The number of nitrogens with one attached hydrogen (secondary N) is 1. The molecule has 0 aliphatic rings. The normalized spacial score (nSPS) is 11.3. The summed E-state index contributed by atoms with van der Waals surface area (Å²) < 4.78 is 0. The van der Waals surface area contributed by atoms with Gasteiger partial charge in [-0.1, -0.05) is 6.07 Å². The minimum atomic E-state index is -0.704. The second kappa shape index (κ2) is 3.66. The van der Waals surface area contributed by atoms with Crippen LogP contribution in [0.15, 0.2) is 24.3 Å². The van der Waals surface area contributed by atoms with E-state index in [2.05, 4.69) is 5.32 Å². The molecule has 0 heterocycles. The molecule has 0 aromatic heterocycles. The average Bonchev–Trinajstić information content (AvgIpc) is 2.00. The molecule has 0 aliphatic carbocycles. The summed E-state index contributed by atoms with van der Waals surface area (Å²) in [5.41, 5.74) is 6.55. The molecule has 0 atom stereocenters. The lowest BCUT2D eigenvalue weighted by molar-refractivity contribution is 0.0945. The quantitative estimate of drug-likeness (QED) is 0.617. The predicted octanol–water partition coefficient (Wildman–Crippen LogP) is 1.45. The van der Waals surface area contributed by atoms with Crippen LogP contribution in [0.1, 0.15) is 13.8 Å². The van der Waals surface area contributed by atoms with Crippen LogP contribution < -0.4 is 11.1 Å². The third-order valence-corrected chi connectivity index (χ3v) is 1.61. The summed E-state index contributed by atoms with van der Waals surface area (Å²) in [5, 5.41) is 12.5. The number of rotatable bonds is 3. The van der Waals surface area contributed by atoms with Crippen molar-refractivity contribution in [2.75, 3.05) is 17.6 Å². The Morgan fingerprint density at radius 1 is 1.46 bits per heavy atom. The van der Waals surface area contributed by atoms with Gasteiger partial charge in [0.1, 0.15) is 0 Å². The number of benzene rings is 1. The minimum absolute atomic E-state index is 0.510. The molecule has 13 heavy (non-hydrogen) atoms. The fraction of sp³-hybridized carbons (Fsp3) is 0.400. The predicted molar refractivity (Wildman–Crippen MR) is 55.6 cm³/mol. The van der Waals surface area contributed by atoms with Crippen molar-refractivity contribution in [3.8, 4) is 0 Å². The maximum absolute atomic E-state index is 9.45. The first-order valence-corrected chi connectivity index (χ1v) is 4.29. The van der Waals surface area contributed by atoms with Gasteiger partial charge in [0.15, 0.2) is 0 Å². The first-order chi connectivity index (χ1) is 5.97. The third kappa shape index (κ3) is 3.80. The minimum Gasteiger partial charge on any atom is -0.399 e. The molecule has 0 unspecified atom stereocenters. The molecule has 0 amide bonds. The second-order valence-electron chi connectivity index (χ2n) is 3.79. The summed E-state index contributed by atoms with van der Waals surface area (Å²) >= 11 is 0. The Labute approximate surface area is 78.6 Å². The Kier molecular flexibility index (Phi) is 2.78. The molecular weight excluding hydrogens is 164 g/mol. The molecule has 0 fully saturated rings. The molecule has 72 valence electrons. The largest absolute Gasteiger partial charge is 0.399 e. The summed E-state index contributed by atoms with van der Waals surface area (Å²) in [4.78, 5) is 0. The van der Waals surface area contributed by atoms with Gasteiger partial charge >= 0.3 is 0 Å². The number of anilines is 2. The van der Waals surface area contributed by atoms with Gasteiger partial charge in [-0.25, -0.2) is 0 Å². The van der Waals surface area contributed by atoms with Crippen molar-refractivity contribution in [1.82, 2.24) is 0 Å². The van der Waals surface area contributed by atoms with E-state index < -0.39 is 5.60 Å². The summed E-state index contributed by atoms with van der Waals surface area (Å²) in [6.45, 7) is 4.02. The topological polar surface area (TPSA) is 58.3 Å². The molecule has 4 N–H and O–H groups in total. The molecule has 3 nitrogen and oxygen atoms in total. The molecular formula is C10H16N2O. The van der Waals surface area contributed by atoms with E-state index in [0.29, 0.717) is 6.54 Å². The van der Waals surface area contributed by atoms with Crippen molar-refractivity contribution in [2.45, 2.75) is 19.4 Å². The first-order valence-electron chi connectivity index (χ1n) is 4.29. The number of nitrogen functional groups attached to an aromatic ring is 1. The Morgan fingerprint density at radius 3 is 2.69 bits per heavy atom. The monoisotopic (exact) mass is 180 g/mol. The van der Waals surface area contributed by atoms with E-state index in [4.69, 9.17) is 5.73 Å². The van der Waals surface area contributed by atoms with Crippen molar-refractivity contribution in [3.05, 3.63) is 24.3 Å². The van der Waals surface area contributed by atoms with Gasteiger partial charge in [0.05, 0.1) is 5.60 Å². The summed E-state index contributed by atoms with van der Waals surface area (Å²) in [5.74, 6) is 0. The molecule has 0 aliphatic heterocycles. The fourth-order valence-corrected chi connectivity index (χ4v) is 0.967. The highest BCUT2D eigenvalue weighted by Gasteiger charge is 2.11. The first kappa shape index (κ1) is 9.86. The molecule has 3 heteroatoms. The van der Waals surface area contributed by atoms with Crippen molar-refractivity contribution < 1.29 is 5.11 Å². The SMILES string of the molecule is CC(C)(O)CNc1cccc(N)c1. The Morgan fingerprint density at radius 2 is 2.15 bits per heavy atom. The molecule has 1 rings (SSSR count).